The molecule has 2 aromatic carbocycles. The molecule has 2 aromatic heterocycles. The van der Waals surface area contributed by atoms with Gasteiger partial charge in [-0.3, -0.25) is 0 Å². The molecular weight excluding hydrogens is 370 g/mol. The Morgan fingerprint density at radius 3 is 2.50 bits per heavy atom. The number of anilines is 1. The minimum absolute atomic E-state index is 0.209. The lowest BCUT2D eigenvalue weighted by Gasteiger charge is -2.09. The predicted octanol–water partition coefficient (Wildman–Crippen LogP) is 4.18. The number of fused-ring (bicyclic) bond motifs is 1. The normalized spacial score (nSPS) is 11.7. The number of aromatic nitrogens is 2. The van der Waals surface area contributed by atoms with Crippen LogP contribution in [0.25, 0.3) is 22.2 Å². The highest BCUT2D eigenvalue weighted by Gasteiger charge is 2.20. The quantitative estimate of drug-likeness (QED) is 0.538. The molecule has 0 bridgehead atoms. The molecule has 0 saturated heterocycles. The molecule has 26 heavy (non-hydrogen) atoms. The summed E-state index contributed by atoms with van der Waals surface area (Å²) in [5.41, 5.74) is 8.30. The molecule has 0 atom stereocenters. The molecular formula is C19H14ClN3O2S. The third kappa shape index (κ3) is 2.64. The fourth-order valence-electron chi connectivity index (χ4n) is 2.86. The molecule has 0 unspecified atom stereocenters. The Morgan fingerprint density at radius 2 is 1.77 bits per heavy atom. The third-order valence-electron chi connectivity index (χ3n) is 4.17. The van der Waals surface area contributed by atoms with Gasteiger partial charge in [0.2, 0.25) is 0 Å². The summed E-state index contributed by atoms with van der Waals surface area (Å²) in [6.07, 6.45) is 3.10. The molecule has 0 fully saturated rings. The lowest BCUT2D eigenvalue weighted by molar-refractivity contribution is 0.589. The van der Waals surface area contributed by atoms with Crippen LogP contribution in [0.2, 0.25) is 5.02 Å². The van der Waals surface area contributed by atoms with Crippen molar-refractivity contribution in [2.45, 2.75) is 4.90 Å². The number of halogens is 1. The van der Waals surface area contributed by atoms with Crippen LogP contribution in [0.4, 0.5) is 5.69 Å². The molecule has 4 aromatic rings. The van der Waals surface area contributed by atoms with Crippen LogP contribution in [0, 0.1) is 0 Å². The molecule has 0 saturated carbocycles. The highest BCUT2D eigenvalue weighted by molar-refractivity contribution is 7.90. The van der Waals surface area contributed by atoms with E-state index >= 15 is 0 Å². The molecule has 4 rings (SSSR count). The molecule has 2 N–H and O–H groups in total. The van der Waals surface area contributed by atoms with Gasteiger partial charge in [0.05, 0.1) is 15.6 Å². The minimum Gasteiger partial charge on any atom is -0.398 e. The summed E-state index contributed by atoms with van der Waals surface area (Å²) < 4.78 is 27.1. The summed E-state index contributed by atoms with van der Waals surface area (Å²) in [6, 6.07) is 17.2. The van der Waals surface area contributed by atoms with Crippen LogP contribution >= 0.6 is 11.6 Å². The average molecular weight is 384 g/mol. The van der Waals surface area contributed by atoms with E-state index in [4.69, 9.17) is 17.3 Å². The summed E-state index contributed by atoms with van der Waals surface area (Å²) in [7, 11) is -3.73. The second-order valence-electron chi connectivity index (χ2n) is 5.76. The molecule has 0 aliphatic carbocycles. The summed E-state index contributed by atoms with van der Waals surface area (Å²) in [5.74, 6) is 0. The maximum Gasteiger partial charge on any atom is 0.269 e. The minimum atomic E-state index is -3.73. The molecule has 130 valence electrons. The Bertz CT molecular complexity index is 1220. The van der Waals surface area contributed by atoms with Gasteiger partial charge < -0.3 is 5.73 Å². The fraction of sp³-hybridized carbons (Fsp3) is 0. The number of rotatable bonds is 3. The lowest BCUT2D eigenvalue weighted by Crippen LogP contribution is -2.12. The van der Waals surface area contributed by atoms with E-state index in [9.17, 15) is 8.42 Å². The molecule has 2 heterocycles. The predicted molar refractivity (Wildman–Crippen MR) is 104 cm³/mol. The first-order chi connectivity index (χ1) is 12.5. The highest BCUT2D eigenvalue weighted by atomic mass is 35.5. The summed E-state index contributed by atoms with van der Waals surface area (Å²) >= 11 is 6.13. The Balaban J connectivity index is 1.92. The first-order valence-electron chi connectivity index (χ1n) is 7.80. The molecule has 7 heteroatoms. The smallest absolute Gasteiger partial charge is 0.269 e. The van der Waals surface area contributed by atoms with E-state index in [0.717, 1.165) is 11.1 Å². The molecule has 0 spiro atoms. The van der Waals surface area contributed by atoms with Gasteiger partial charge in [-0.2, -0.15) is 0 Å². The zero-order valence-electron chi connectivity index (χ0n) is 13.5. The van der Waals surface area contributed by atoms with Crippen LogP contribution in [-0.4, -0.2) is 17.4 Å². The summed E-state index contributed by atoms with van der Waals surface area (Å²) in [4.78, 5) is 4.49. The van der Waals surface area contributed by atoms with E-state index in [1.807, 2.05) is 12.1 Å². The number of nitrogens with zero attached hydrogens (tertiary/aromatic N) is 2. The van der Waals surface area contributed by atoms with Gasteiger partial charge in [0.1, 0.15) is 0 Å². The van der Waals surface area contributed by atoms with Gasteiger partial charge in [-0.25, -0.2) is 17.4 Å². The highest BCUT2D eigenvalue weighted by Crippen LogP contribution is 2.32. The van der Waals surface area contributed by atoms with Crippen molar-refractivity contribution in [2.75, 3.05) is 5.73 Å². The molecule has 0 aliphatic rings. The van der Waals surface area contributed by atoms with Crippen LogP contribution < -0.4 is 5.73 Å². The van der Waals surface area contributed by atoms with Crippen molar-refractivity contribution in [1.82, 2.24) is 8.96 Å². The van der Waals surface area contributed by atoms with E-state index in [1.165, 1.54) is 10.2 Å². The standard InChI is InChI=1S/C19H14ClN3O2S/c20-17-12-13(6-7-18(17)21)15-8-10-22-19-16(15)9-11-23(19)26(24,25)14-4-2-1-3-5-14/h1-12H,21H2. The first-order valence-corrected chi connectivity index (χ1v) is 9.62. The average Bonchev–Trinajstić information content (AvgIpc) is 3.10. The van der Waals surface area contributed by atoms with Crippen LogP contribution in [0.15, 0.2) is 78.0 Å². The third-order valence-corrected chi connectivity index (χ3v) is 6.17. The van der Waals surface area contributed by atoms with Gasteiger partial charge in [0.25, 0.3) is 10.0 Å². The second-order valence-corrected chi connectivity index (χ2v) is 7.98. The Hall–Kier alpha value is -2.83. The second kappa shape index (κ2) is 6.16. The van der Waals surface area contributed by atoms with Crippen LogP contribution in [0.1, 0.15) is 0 Å². The lowest BCUT2D eigenvalue weighted by atomic mass is 10.0. The summed E-state index contributed by atoms with van der Waals surface area (Å²) in [6.45, 7) is 0. The van der Waals surface area contributed by atoms with E-state index in [1.54, 1.807) is 54.7 Å². The largest absolute Gasteiger partial charge is 0.398 e. The molecule has 5 nitrogen and oxygen atoms in total. The number of nitrogen functional groups attached to an aromatic ring is 1. The maximum absolute atomic E-state index is 12.9. The van der Waals surface area contributed by atoms with Crippen molar-refractivity contribution in [3.63, 3.8) is 0 Å². The van der Waals surface area contributed by atoms with E-state index in [2.05, 4.69) is 4.98 Å². The van der Waals surface area contributed by atoms with Crippen LogP contribution in [-0.2, 0) is 10.0 Å². The number of hydrogen-bond donors (Lipinski definition) is 1. The van der Waals surface area contributed by atoms with Gasteiger partial charge in [-0.15, -0.1) is 0 Å². The molecule has 0 radical (unpaired) electrons. The summed E-state index contributed by atoms with van der Waals surface area (Å²) in [5, 5.41) is 1.16. The zero-order chi connectivity index (χ0) is 18.3. The monoisotopic (exact) mass is 383 g/mol. The van der Waals surface area contributed by atoms with E-state index in [0.29, 0.717) is 21.7 Å². The van der Waals surface area contributed by atoms with Crippen molar-refractivity contribution >= 4 is 38.3 Å². The SMILES string of the molecule is Nc1ccc(-c2ccnc3c2ccn3S(=O)(=O)c2ccccc2)cc1Cl. The van der Waals surface area contributed by atoms with Gasteiger partial charge in [-0.05, 0) is 47.5 Å². The Morgan fingerprint density at radius 1 is 1.00 bits per heavy atom. The maximum atomic E-state index is 12.9. The van der Waals surface area contributed by atoms with Gasteiger partial charge in [0.15, 0.2) is 5.65 Å². The van der Waals surface area contributed by atoms with Crippen molar-refractivity contribution in [3.05, 3.63) is 78.1 Å². The van der Waals surface area contributed by atoms with E-state index < -0.39 is 10.0 Å². The Labute approximate surface area is 155 Å². The number of hydrogen-bond acceptors (Lipinski definition) is 4. The van der Waals surface area contributed by atoms with Gasteiger partial charge >= 0.3 is 0 Å². The molecule has 0 amide bonds. The van der Waals surface area contributed by atoms with Crippen LogP contribution in [0.5, 0.6) is 0 Å². The number of nitrogens with two attached hydrogens (primary N) is 1. The first kappa shape index (κ1) is 16.6. The topological polar surface area (TPSA) is 78.0 Å². The van der Waals surface area contributed by atoms with E-state index in [-0.39, 0.29) is 4.90 Å². The zero-order valence-corrected chi connectivity index (χ0v) is 15.1. The van der Waals surface area contributed by atoms with Gasteiger partial charge in [0, 0.05) is 17.8 Å². The molecule has 0 aliphatic heterocycles. The van der Waals surface area contributed by atoms with Crippen molar-refractivity contribution < 1.29 is 8.42 Å². The van der Waals surface area contributed by atoms with Crippen molar-refractivity contribution in [2.24, 2.45) is 0 Å². The number of pyridine rings is 1. The Kier molecular flexibility index (Phi) is 3.94. The number of benzene rings is 2. The fourth-order valence-corrected chi connectivity index (χ4v) is 4.36. The van der Waals surface area contributed by atoms with Crippen LogP contribution in [0.3, 0.4) is 0 Å². The van der Waals surface area contributed by atoms with Crippen molar-refractivity contribution in [3.8, 4) is 11.1 Å². The van der Waals surface area contributed by atoms with Crippen molar-refractivity contribution in [1.29, 1.82) is 0 Å². The van der Waals surface area contributed by atoms with Gasteiger partial charge in [-0.1, -0.05) is 35.9 Å².